The zero-order chi connectivity index (χ0) is 22.6. The summed E-state index contributed by atoms with van der Waals surface area (Å²) in [4.78, 5) is 11.0. The Labute approximate surface area is 186 Å². The maximum absolute atomic E-state index is 13.3. The number of nitrogens with zero attached hydrogens (tertiary/aromatic N) is 3. The van der Waals surface area contributed by atoms with Crippen molar-refractivity contribution < 1.29 is 12.8 Å². The average molecular weight is 464 g/mol. The molecule has 3 aromatic rings. The van der Waals surface area contributed by atoms with Crippen LogP contribution in [-0.2, 0) is 10.0 Å². The first-order valence-electron chi connectivity index (χ1n) is 9.67. The van der Waals surface area contributed by atoms with Crippen molar-refractivity contribution in [1.29, 1.82) is 0 Å². The summed E-state index contributed by atoms with van der Waals surface area (Å²) >= 11 is 5.69. The van der Waals surface area contributed by atoms with Gasteiger partial charge in [-0.2, -0.15) is 4.98 Å². The lowest BCUT2D eigenvalue weighted by Gasteiger charge is -2.20. The zero-order valence-electron chi connectivity index (χ0n) is 17.4. The number of aromatic nitrogens is 2. The smallest absolute Gasteiger partial charge is 0.261 e. The van der Waals surface area contributed by atoms with E-state index in [9.17, 15) is 12.8 Å². The van der Waals surface area contributed by atoms with Crippen LogP contribution < -0.4 is 14.9 Å². The molecule has 0 bridgehead atoms. The Hall–Kier alpha value is -2.91. The van der Waals surface area contributed by atoms with Gasteiger partial charge < -0.3 is 10.2 Å². The van der Waals surface area contributed by atoms with E-state index in [0.717, 1.165) is 42.8 Å². The third-order valence-electron chi connectivity index (χ3n) is 4.52. The summed E-state index contributed by atoms with van der Waals surface area (Å²) in [6, 6.07) is 11.8. The van der Waals surface area contributed by atoms with Gasteiger partial charge in [0, 0.05) is 36.2 Å². The van der Waals surface area contributed by atoms with E-state index in [0.29, 0.717) is 17.3 Å². The SMILES string of the molecule is CCN(CC)c1cc(C)nc(Nc2ccc(NS(=O)(=O)c3ccc(F)c(Cl)c3)cc2)n1. The lowest BCUT2D eigenvalue weighted by atomic mass is 10.3. The second-order valence-corrected chi connectivity index (χ2v) is 8.84. The molecule has 0 amide bonds. The molecule has 164 valence electrons. The third kappa shape index (κ3) is 5.62. The van der Waals surface area contributed by atoms with Crippen LogP contribution in [0.5, 0.6) is 0 Å². The van der Waals surface area contributed by atoms with Gasteiger partial charge in [-0.05, 0) is 63.2 Å². The van der Waals surface area contributed by atoms with Crippen LogP contribution in [0.25, 0.3) is 0 Å². The Morgan fingerprint density at radius 3 is 2.26 bits per heavy atom. The third-order valence-corrected chi connectivity index (χ3v) is 6.19. The highest BCUT2D eigenvalue weighted by Crippen LogP contribution is 2.24. The molecule has 10 heteroatoms. The molecule has 7 nitrogen and oxygen atoms in total. The molecule has 0 aliphatic carbocycles. The normalized spacial score (nSPS) is 11.3. The number of hydrogen-bond donors (Lipinski definition) is 2. The summed E-state index contributed by atoms with van der Waals surface area (Å²) in [7, 11) is -3.90. The molecule has 0 spiro atoms. The fraction of sp³-hybridized carbons (Fsp3) is 0.238. The average Bonchev–Trinajstić information content (AvgIpc) is 2.72. The van der Waals surface area contributed by atoms with Gasteiger partial charge in [0.15, 0.2) is 0 Å². The first-order valence-corrected chi connectivity index (χ1v) is 11.5. The zero-order valence-corrected chi connectivity index (χ0v) is 18.9. The Kier molecular flexibility index (Phi) is 6.97. The summed E-state index contributed by atoms with van der Waals surface area (Å²) in [5.74, 6) is 0.608. The van der Waals surface area contributed by atoms with Gasteiger partial charge in [-0.3, -0.25) is 4.72 Å². The van der Waals surface area contributed by atoms with Crippen molar-refractivity contribution in [2.75, 3.05) is 28.0 Å². The number of halogens is 2. The van der Waals surface area contributed by atoms with E-state index in [1.807, 2.05) is 13.0 Å². The van der Waals surface area contributed by atoms with E-state index < -0.39 is 15.8 Å². The lowest BCUT2D eigenvalue weighted by molar-refractivity contribution is 0.599. The predicted octanol–water partition coefficient (Wildman–Crippen LogP) is 4.97. The van der Waals surface area contributed by atoms with Gasteiger partial charge in [-0.15, -0.1) is 0 Å². The van der Waals surface area contributed by atoms with Crippen molar-refractivity contribution >= 4 is 44.8 Å². The van der Waals surface area contributed by atoms with Crippen molar-refractivity contribution in [3.63, 3.8) is 0 Å². The molecule has 31 heavy (non-hydrogen) atoms. The topological polar surface area (TPSA) is 87.2 Å². The summed E-state index contributed by atoms with van der Waals surface area (Å²) in [6.45, 7) is 7.70. The second kappa shape index (κ2) is 9.49. The Bertz CT molecular complexity index is 1170. The molecule has 0 aliphatic heterocycles. The molecule has 0 saturated carbocycles. The van der Waals surface area contributed by atoms with Gasteiger partial charge in [-0.1, -0.05) is 11.6 Å². The van der Waals surface area contributed by atoms with E-state index in [4.69, 9.17) is 11.6 Å². The maximum Gasteiger partial charge on any atom is 0.261 e. The minimum absolute atomic E-state index is 0.127. The number of rotatable bonds is 8. The van der Waals surface area contributed by atoms with Gasteiger partial charge in [-0.25, -0.2) is 17.8 Å². The predicted molar refractivity (Wildman–Crippen MR) is 122 cm³/mol. The number of nitrogens with one attached hydrogen (secondary N) is 2. The van der Waals surface area contributed by atoms with Gasteiger partial charge in [0.25, 0.3) is 10.0 Å². The van der Waals surface area contributed by atoms with Crippen LogP contribution in [0.4, 0.5) is 27.5 Å². The van der Waals surface area contributed by atoms with Crippen LogP contribution in [0.15, 0.2) is 53.4 Å². The summed E-state index contributed by atoms with van der Waals surface area (Å²) < 4.78 is 40.8. The Morgan fingerprint density at radius 2 is 1.65 bits per heavy atom. The highest BCUT2D eigenvalue weighted by Gasteiger charge is 2.16. The fourth-order valence-corrected chi connectivity index (χ4v) is 4.26. The Morgan fingerprint density at radius 1 is 1.00 bits per heavy atom. The van der Waals surface area contributed by atoms with Crippen LogP contribution in [0, 0.1) is 12.7 Å². The highest BCUT2D eigenvalue weighted by molar-refractivity contribution is 7.92. The van der Waals surface area contributed by atoms with Crippen LogP contribution >= 0.6 is 11.6 Å². The molecule has 0 fully saturated rings. The molecule has 0 radical (unpaired) electrons. The quantitative estimate of drug-likeness (QED) is 0.490. The number of benzene rings is 2. The molecule has 3 rings (SSSR count). The fourth-order valence-electron chi connectivity index (χ4n) is 2.93. The molecule has 0 saturated heterocycles. The minimum atomic E-state index is -3.90. The van der Waals surface area contributed by atoms with Gasteiger partial charge in [0.1, 0.15) is 11.6 Å². The van der Waals surface area contributed by atoms with Crippen molar-refractivity contribution in [1.82, 2.24) is 9.97 Å². The van der Waals surface area contributed by atoms with Gasteiger partial charge in [0.2, 0.25) is 5.95 Å². The van der Waals surface area contributed by atoms with Gasteiger partial charge >= 0.3 is 0 Å². The second-order valence-electron chi connectivity index (χ2n) is 6.75. The summed E-state index contributed by atoms with van der Waals surface area (Å²) in [5.41, 5.74) is 1.88. The summed E-state index contributed by atoms with van der Waals surface area (Å²) in [5, 5.41) is 2.88. The molecule has 0 atom stereocenters. The monoisotopic (exact) mass is 463 g/mol. The molecule has 0 unspecified atom stereocenters. The molecular weight excluding hydrogens is 441 g/mol. The molecule has 1 aromatic heterocycles. The number of sulfonamides is 1. The van der Waals surface area contributed by atoms with Crippen molar-refractivity contribution in [3.05, 3.63) is 65.1 Å². The molecule has 0 aliphatic rings. The molecule has 2 N–H and O–H groups in total. The standard InChI is InChI=1S/C21H23ClFN5O2S/c1-4-28(5-2)20-12-14(3)24-21(26-20)25-15-6-8-16(9-7-15)27-31(29,30)17-10-11-19(23)18(22)13-17/h6-13,27H,4-5H2,1-3H3,(H,24,25,26). The number of anilines is 4. The first kappa shape index (κ1) is 22.8. The largest absolute Gasteiger partial charge is 0.357 e. The van der Waals surface area contributed by atoms with E-state index in [1.54, 1.807) is 24.3 Å². The maximum atomic E-state index is 13.3. The molecular formula is C21H23ClFN5O2S. The Balaban J connectivity index is 1.75. The van der Waals surface area contributed by atoms with Crippen LogP contribution in [0.2, 0.25) is 5.02 Å². The summed E-state index contributed by atoms with van der Waals surface area (Å²) in [6.07, 6.45) is 0. The van der Waals surface area contributed by atoms with E-state index in [-0.39, 0.29) is 9.92 Å². The number of aryl methyl sites for hydroxylation is 1. The molecule has 1 heterocycles. The van der Waals surface area contributed by atoms with Crippen LogP contribution in [-0.4, -0.2) is 31.5 Å². The van der Waals surface area contributed by atoms with E-state index in [1.165, 1.54) is 0 Å². The number of hydrogen-bond acceptors (Lipinski definition) is 6. The van der Waals surface area contributed by atoms with E-state index in [2.05, 4.69) is 38.8 Å². The highest BCUT2D eigenvalue weighted by atomic mass is 35.5. The lowest BCUT2D eigenvalue weighted by Crippen LogP contribution is -2.23. The first-order chi connectivity index (χ1) is 14.7. The molecule has 2 aromatic carbocycles. The van der Waals surface area contributed by atoms with Crippen LogP contribution in [0.1, 0.15) is 19.5 Å². The minimum Gasteiger partial charge on any atom is -0.357 e. The van der Waals surface area contributed by atoms with Crippen molar-refractivity contribution in [3.8, 4) is 0 Å². The van der Waals surface area contributed by atoms with E-state index >= 15 is 0 Å². The van der Waals surface area contributed by atoms with Crippen LogP contribution in [0.3, 0.4) is 0 Å². The van der Waals surface area contributed by atoms with Gasteiger partial charge in [0.05, 0.1) is 9.92 Å². The van der Waals surface area contributed by atoms with Crippen molar-refractivity contribution in [2.24, 2.45) is 0 Å². The van der Waals surface area contributed by atoms with Crippen molar-refractivity contribution in [2.45, 2.75) is 25.7 Å².